The summed E-state index contributed by atoms with van der Waals surface area (Å²) in [6, 6.07) is 4.67. The number of rotatable bonds is 2. The summed E-state index contributed by atoms with van der Waals surface area (Å²) in [6.07, 6.45) is -3.31. The van der Waals surface area contributed by atoms with Gasteiger partial charge in [-0.1, -0.05) is 23.7 Å². The van der Waals surface area contributed by atoms with E-state index in [4.69, 9.17) is 16.4 Å². The monoisotopic (exact) mass is 346 g/mol. The number of carbonyl (C=O) groups excluding carboxylic acids is 1. The van der Waals surface area contributed by atoms with Crippen LogP contribution in [-0.2, 0) is 15.8 Å². The summed E-state index contributed by atoms with van der Waals surface area (Å²) in [5, 5.41) is 4.85. The second-order valence-corrected chi connectivity index (χ2v) is 5.93. The molecule has 1 aromatic rings. The van der Waals surface area contributed by atoms with E-state index in [1.54, 1.807) is 5.06 Å². The van der Waals surface area contributed by atoms with Crippen LogP contribution in [0.3, 0.4) is 0 Å². The third kappa shape index (κ3) is 3.45. The molecule has 0 radical (unpaired) electrons. The summed E-state index contributed by atoms with van der Waals surface area (Å²) in [5.41, 5.74) is -0.229. The van der Waals surface area contributed by atoms with Crippen molar-refractivity contribution < 1.29 is 22.8 Å². The molecule has 0 spiro atoms. The Kier molecular flexibility index (Phi) is 4.25. The van der Waals surface area contributed by atoms with E-state index < -0.39 is 11.7 Å². The van der Waals surface area contributed by atoms with Gasteiger partial charge in [0.1, 0.15) is 0 Å². The lowest BCUT2D eigenvalue weighted by Crippen LogP contribution is -2.46. The van der Waals surface area contributed by atoms with Crippen molar-refractivity contribution in [2.75, 3.05) is 13.1 Å². The van der Waals surface area contributed by atoms with Gasteiger partial charge in [-0.15, -0.1) is 5.06 Å². The van der Waals surface area contributed by atoms with Crippen molar-refractivity contribution in [1.29, 1.82) is 0 Å². The molecule has 0 unspecified atom stereocenters. The van der Waals surface area contributed by atoms with Crippen molar-refractivity contribution in [3.63, 3.8) is 0 Å². The van der Waals surface area contributed by atoms with Crippen molar-refractivity contribution in [3.8, 4) is 0 Å². The van der Waals surface area contributed by atoms with Crippen LogP contribution in [0.1, 0.15) is 24.0 Å². The van der Waals surface area contributed by atoms with E-state index in [1.807, 2.05) is 0 Å². The highest BCUT2D eigenvalue weighted by atomic mass is 35.5. The first kappa shape index (κ1) is 16.1. The number of halogens is 4. The van der Waals surface area contributed by atoms with Crippen LogP contribution in [0, 0.1) is 0 Å². The van der Waals surface area contributed by atoms with Crippen molar-refractivity contribution in [1.82, 2.24) is 10.4 Å². The summed E-state index contributed by atoms with van der Waals surface area (Å²) < 4.78 is 37.8. The van der Waals surface area contributed by atoms with Crippen LogP contribution in [0.5, 0.6) is 0 Å². The van der Waals surface area contributed by atoms with Crippen LogP contribution in [0.4, 0.5) is 13.2 Å². The van der Waals surface area contributed by atoms with Gasteiger partial charge in [0.2, 0.25) is 5.91 Å². The van der Waals surface area contributed by atoms with Crippen molar-refractivity contribution in [3.05, 3.63) is 40.4 Å². The second kappa shape index (κ2) is 6.05. The summed E-state index contributed by atoms with van der Waals surface area (Å²) in [4.78, 5) is 16.9. The Bertz CT molecular complexity index is 633. The Morgan fingerprint density at radius 1 is 1.26 bits per heavy atom. The number of hydrogen-bond donors (Lipinski definition) is 1. The lowest BCUT2D eigenvalue weighted by Gasteiger charge is -2.29. The molecule has 4 nitrogen and oxygen atoms in total. The molecule has 23 heavy (non-hydrogen) atoms. The molecule has 3 rings (SSSR count). The molecule has 0 aromatic heterocycles. The highest BCUT2D eigenvalue weighted by Gasteiger charge is 2.33. The number of piperidine rings is 1. The molecule has 2 heterocycles. The number of hydroxylamine groups is 2. The smallest absolute Gasteiger partial charge is 0.403 e. The first-order valence-electron chi connectivity index (χ1n) is 7.12. The number of nitrogens with one attached hydrogen (secondary N) is 1. The van der Waals surface area contributed by atoms with Gasteiger partial charge < -0.3 is 10.2 Å². The fourth-order valence-corrected chi connectivity index (χ4v) is 2.86. The highest BCUT2D eigenvalue weighted by Crippen LogP contribution is 2.35. The van der Waals surface area contributed by atoms with Gasteiger partial charge in [-0.2, -0.15) is 13.2 Å². The summed E-state index contributed by atoms with van der Waals surface area (Å²) in [5.74, 6) is 0.361. The Morgan fingerprint density at radius 3 is 2.52 bits per heavy atom. The molecule has 1 N–H and O–H groups in total. The van der Waals surface area contributed by atoms with E-state index in [-0.39, 0.29) is 11.9 Å². The van der Waals surface area contributed by atoms with Crippen LogP contribution in [0.2, 0.25) is 0 Å². The predicted octanol–water partition coefficient (Wildman–Crippen LogP) is 3.14. The molecular weight excluding hydrogens is 333 g/mol. The molecular formula is C15H14ClF3N2O2. The fourth-order valence-electron chi connectivity index (χ4n) is 2.60. The number of alkyl halides is 3. The maximum atomic E-state index is 12.6. The minimum absolute atomic E-state index is 0.00228. The fraction of sp³-hybridized carbons (Fsp3) is 0.400. The Morgan fingerprint density at radius 2 is 1.96 bits per heavy atom. The van der Waals surface area contributed by atoms with E-state index >= 15 is 0 Å². The van der Waals surface area contributed by atoms with E-state index in [0.717, 1.165) is 12.1 Å². The molecule has 0 aliphatic carbocycles. The number of carbonyl (C=O) groups is 1. The Hall–Kier alpha value is -1.73. The van der Waals surface area contributed by atoms with Crippen molar-refractivity contribution in [2.24, 2.45) is 0 Å². The Balaban J connectivity index is 1.71. The molecule has 0 bridgehead atoms. The lowest BCUT2D eigenvalue weighted by molar-refractivity contribution is -0.137. The van der Waals surface area contributed by atoms with Crippen LogP contribution in [0.25, 0.3) is 5.76 Å². The summed E-state index contributed by atoms with van der Waals surface area (Å²) in [6.45, 7) is 0.807. The van der Waals surface area contributed by atoms with Crippen LogP contribution in [0.15, 0.2) is 29.3 Å². The maximum absolute atomic E-state index is 12.6. The van der Waals surface area contributed by atoms with Gasteiger partial charge in [-0.3, -0.25) is 4.79 Å². The van der Waals surface area contributed by atoms with Crippen LogP contribution >= 0.6 is 11.6 Å². The van der Waals surface area contributed by atoms with Gasteiger partial charge in [0.15, 0.2) is 5.76 Å². The van der Waals surface area contributed by atoms with E-state index in [0.29, 0.717) is 42.3 Å². The minimum Gasteiger partial charge on any atom is -0.403 e. The summed E-state index contributed by atoms with van der Waals surface area (Å²) in [7, 11) is 0. The molecule has 1 atom stereocenters. The molecule has 1 saturated heterocycles. The van der Waals surface area contributed by atoms with Crippen LogP contribution in [-0.4, -0.2) is 30.1 Å². The third-order valence-electron chi connectivity index (χ3n) is 3.87. The van der Waals surface area contributed by atoms with E-state index in [1.165, 1.54) is 12.1 Å². The molecule has 1 amide bonds. The molecule has 8 heteroatoms. The molecule has 0 saturated carbocycles. The predicted molar refractivity (Wildman–Crippen MR) is 78.0 cm³/mol. The highest BCUT2D eigenvalue weighted by molar-refractivity contribution is 6.32. The first-order chi connectivity index (χ1) is 10.8. The van der Waals surface area contributed by atoms with Gasteiger partial charge in [0, 0.05) is 18.5 Å². The largest absolute Gasteiger partial charge is 0.416 e. The topological polar surface area (TPSA) is 41.6 Å². The van der Waals surface area contributed by atoms with Gasteiger partial charge in [0.05, 0.1) is 23.2 Å². The van der Waals surface area contributed by atoms with Gasteiger partial charge >= 0.3 is 6.18 Å². The zero-order valence-electron chi connectivity index (χ0n) is 12.0. The Labute approximate surface area is 135 Å². The molecule has 2 aliphatic heterocycles. The van der Waals surface area contributed by atoms with Crippen molar-refractivity contribution in [2.45, 2.75) is 25.1 Å². The number of benzene rings is 1. The number of amides is 1. The quantitative estimate of drug-likeness (QED) is 0.894. The maximum Gasteiger partial charge on any atom is 0.416 e. The average molecular weight is 347 g/mol. The van der Waals surface area contributed by atoms with Crippen molar-refractivity contribution >= 4 is 23.3 Å². The minimum atomic E-state index is -4.38. The van der Waals surface area contributed by atoms with Gasteiger partial charge in [0.25, 0.3) is 0 Å². The molecule has 124 valence electrons. The lowest BCUT2D eigenvalue weighted by atomic mass is 10.1. The van der Waals surface area contributed by atoms with Gasteiger partial charge in [-0.05, 0) is 18.6 Å². The molecule has 1 aromatic carbocycles. The second-order valence-electron chi connectivity index (χ2n) is 5.47. The standard InChI is InChI=1S/C15H14ClF3N2O2/c16-12-8-21(11-5-6-13(22)20-7-11)23-14(12)9-1-3-10(4-2-9)15(17,18)19/h1-4,11H,5-8H2,(H,20,22)/t11-/m1/s1. The zero-order valence-corrected chi connectivity index (χ0v) is 12.7. The van der Waals surface area contributed by atoms with Gasteiger partial charge in [-0.25, -0.2) is 0 Å². The first-order valence-corrected chi connectivity index (χ1v) is 7.50. The SMILES string of the molecule is O=C1CC[C@@H](N2CC(Cl)=C(c3ccc(C(F)(F)F)cc3)O2)CN1. The van der Waals surface area contributed by atoms with Crippen LogP contribution < -0.4 is 5.32 Å². The number of nitrogens with zero attached hydrogens (tertiary/aromatic N) is 1. The molecule has 1 fully saturated rings. The average Bonchev–Trinajstić information content (AvgIpc) is 2.89. The normalized spacial score (nSPS) is 23.0. The molecule has 2 aliphatic rings. The van der Waals surface area contributed by atoms with E-state index in [2.05, 4.69) is 5.32 Å². The third-order valence-corrected chi connectivity index (χ3v) is 4.16. The number of hydrogen-bond acceptors (Lipinski definition) is 3. The zero-order chi connectivity index (χ0) is 16.6. The summed E-state index contributed by atoms with van der Waals surface area (Å²) >= 11 is 6.19. The van der Waals surface area contributed by atoms with E-state index in [9.17, 15) is 18.0 Å².